The smallest absolute Gasteiger partial charge is 0.288 e. The van der Waals surface area contributed by atoms with E-state index in [1.165, 1.54) is 12.4 Å². The molecule has 7 heteroatoms. The molecule has 3 N–H and O–H groups in total. The Balaban J connectivity index is 2.20. The highest BCUT2D eigenvalue weighted by Crippen LogP contribution is 2.32. The van der Waals surface area contributed by atoms with E-state index in [9.17, 15) is 8.78 Å². The summed E-state index contributed by atoms with van der Waals surface area (Å²) in [7, 11) is 0. The Morgan fingerprint density at radius 2 is 1.83 bits per heavy atom. The molecule has 4 nitrogen and oxygen atoms in total. The highest BCUT2D eigenvalue weighted by atomic mass is 32.2. The number of benzene rings is 1. The second-order valence-corrected chi connectivity index (χ2v) is 4.37. The van der Waals surface area contributed by atoms with Gasteiger partial charge in [0.15, 0.2) is 0 Å². The molecule has 2 rings (SSSR count). The summed E-state index contributed by atoms with van der Waals surface area (Å²) in [5, 5.41) is 2.87. The molecule has 0 amide bonds. The van der Waals surface area contributed by atoms with Gasteiger partial charge in [0, 0.05) is 4.90 Å². The Bertz CT molecular complexity index is 519. The first-order valence-electron chi connectivity index (χ1n) is 5.03. The number of nitrogen functional groups attached to an aromatic ring is 1. The lowest BCUT2D eigenvalue weighted by atomic mass is 10.3. The van der Waals surface area contributed by atoms with Gasteiger partial charge < -0.3 is 11.1 Å². The molecule has 0 fully saturated rings. The topological polar surface area (TPSA) is 63.8 Å². The van der Waals surface area contributed by atoms with E-state index in [1.807, 2.05) is 0 Å². The van der Waals surface area contributed by atoms with Crippen molar-refractivity contribution < 1.29 is 8.78 Å². The van der Waals surface area contributed by atoms with E-state index in [0.717, 1.165) is 0 Å². The van der Waals surface area contributed by atoms with Crippen molar-refractivity contribution in [1.82, 2.24) is 9.97 Å². The molecule has 0 aliphatic carbocycles. The van der Waals surface area contributed by atoms with E-state index in [2.05, 4.69) is 15.3 Å². The van der Waals surface area contributed by atoms with Crippen LogP contribution in [0.3, 0.4) is 0 Å². The third-order valence-electron chi connectivity index (χ3n) is 2.02. The summed E-state index contributed by atoms with van der Waals surface area (Å²) in [5.74, 6) is -2.16. The van der Waals surface area contributed by atoms with Crippen molar-refractivity contribution in [1.29, 1.82) is 0 Å². The summed E-state index contributed by atoms with van der Waals surface area (Å²) in [6.45, 7) is 0. The Hall–Kier alpha value is -1.89. The molecular formula is C11H10F2N4S. The molecule has 0 aliphatic rings. The number of anilines is 3. The van der Waals surface area contributed by atoms with Gasteiger partial charge >= 0.3 is 0 Å². The monoisotopic (exact) mass is 268 g/mol. The lowest BCUT2D eigenvalue weighted by Crippen LogP contribution is -1.99. The highest BCUT2D eigenvalue weighted by molar-refractivity contribution is 7.99. The van der Waals surface area contributed by atoms with E-state index >= 15 is 0 Å². The van der Waals surface area contributed by atoms with Gasteiger partial charge in [-0.05, 0) is 12.1 Å². The number of nitrogens with zero attached hydrogens (tertiary/aromatic N) is 2. The van der Waals surface area contributed by atoms with Crippen molar-refractivity contribution in [2.75, 3.05) is 11.1 Å². The van der Waals surface area contributed by atoms with Gasteiger partial charge in [-0.2, -0.15) is 8.78 Å². The molecule has 0 radical (unpaired) electrons. The summed E-state index contributed by atoms with van der Waals surface area (Å²) < 4.78 is 24.8. The van der Waals surface area contributed by atoms with Crippen molar-refractivity contribution in [2.45, 2.75) is 10.7 Å². The van der Waals surface area contributed by atoms with Crippen LogP contribution in [0.4, 0.5) is 26.1 Å². The zero-order valence-corrected chi connectivity index (χ0v) is 9.99. The standard InChI is InChI=1S/C11H10F2N4S/c12-10(13)18-9-4-2-1-3-8(9)17-11-15-5-7(14)6-16-11/h1-6,10H,14H2,(H,15,16,17). The summed E-state index contributed by atoms with van der Waals surface area (Å²) in [6.07, 6.45) is 2.89. The van der Waals surface area contributed by atoms with Gasteiger partial charge in [0.1, 0.15) is 0 Å². The van der Waals surface area contributed by atoms with Crippen LogP contribution < -0.4 is 11.1 Å². The zero-order chi connectivity index (χ0) is 13.0. The Labute approximate surface area is 107 Å². The zero-order valence-electron chi connectivity index (χ0n) is 9.18. The quantitative estimate of drug-likeness (QED) is 0.834. The maximum Gasteiger partial charge on any atom is 0.288 e. The van der Waals surface area contributed by atoms with Crippen molar-refractivity contribution in [2.24, 2.45) is 0 Å². The molecule has 0 bridgehead atoms. The predicted molar refractivity (Wildman–Crippen MR) is 68.0 cm³/mol. The molecule has 0 atom stereocenters. The molecule has 1 aromatic heterocycles. The maximum atomic E-state index is 12.4. The minimum atomic E-state index is -2.47. The highest BCUT2D eigenvalue weighted by Gasteiger charge is 2.10. The van der Waals surface area contributed by atoms with Crippen LogP contribution in [0.25, 0.3) is 0 Å². The van der Waals surface area contributed by atoms with Crippen molar-refractivity contribution in [3.05, 3.63) is 36.7 Å². The molecule has 0 spiro atoms. The second-order valence-electron chi connectivity index (χ2n) is 3.34. The Morgan fingerprint density at radius 3 is 2.50 bits per heavy atom. The van der Waals surface area contributed by atoms with Crippen LogP contribution in [0.5, 0.6) is 0 Å². The fourth-order valence-corrected chi connectivity index (χ4v) is 1.89. The van der Waals surface area contributed by atoms with Gasteiger partial charge in [-0.15, -0.1) is 0 Å². The molecule has 1 aromatic carbocycles. The summed E-state index contributed by atoms with van der Waals surface area (Å²) in [6, 6.07) is 6.73. The van der Waals surface area contributed by atoms with Gasteiger partial charge in [-0.1, -0.05) is 23.9 Å². The van der Waals surface area contributed by atoms with Crippen molar-refractivity contribution in [3.8, 4) is 0 Å². The Kier molecular flexibility index (Phi) is 3.93. The predicted octanol–water partition coefficient (Wildman–Crippen LogP) is 3.12. The van der Waals surface area contributed by atoms with Crippen molar-refractivity contribution in [3.63, 3.8) is 0 Å². The molecule has 0 saturated carbocycles. The first kappa shape index (κ1) is 12.6. The van der Waals surface area contributed by atoms with Crippen LogP contribution in [-0.2, 0) is 0 Å². The number of nitrogens with one attached hydrogen (secondary N) is 1. The Morgan fingerprint density at radius 1 is 1.17 bits per heavy atom. The van der Waals surface area contributed by atoms with Crippen LogP contribution in [-0.4, -0.2) is 15.7 Å². The van der Waals surface area contributed by atoms with Crippen LogP contribution in [0.15, 0.2) is 41.6 Å². The second kappa shape index (κ2) is 5.63. The van der Waals surface area contributed by atoms with Crippen molar-refractivity contribution >= 4 is 29.1 Å². The van der Waals surface area contributed by atoms with Gasteiger partial charge in [-0.3, -0.25) is 0 Å². The van der Waals surface area contributed by atoms with E-state index in [1.54, 1.807) is 24.3 Å². The summed E-state index contributed by atoms with van der Waals surface area (Å²) in [5.41, 5.74) is 6.44. The van der Waals surface area contributed by atoms with E-state index in [4.69, 9.17) is 5.73 Å². The average molecular weight is 268 g/mol. The van der Waals surface area contributed by atoms with E-state index in [0.29, 0.717) is 34.0 Å². The fraction of sp³-hybridized carbons (Fsp3) is 0.0909. The molecule has 1 heterocycles. The first-order chi connectivity index (χ1) is 8.65. The van der Waals surface area contributed by atoms with Crippen LogP contribution in [0.1, 0.15) is 0 Å². The number of alkyl halides is 2. The molecule has 2 aromatic rings. The number of halogens is 2. The SMILES string of the molecule is Nc1cnc(Nc2ccccc2SC(F)F)nc1. The van der Waals surface area contributed by atoms with Gasteiger partial charge in [0.05, 0.1) is 23.8 Å². The van der Waals surface area contributed by atoms with Gasteiger partial charge in [0.2, 0.25) is 5.95 Å². The minimum Gasteiger partial charge on any atom is -0.396 e. The number of para-hydroxylation sites is 1. The maximum absolute atomic E-state index is 12.4. The molecule has 94 valence electrons. The number of nitrogens with two attached hydrogens (primary N) is 1. The first-order valence-corrected chi connectivity index (χ1v) is 5.91. The van der Waals surface area contributed by atoms with E-state index in [-0.39, 0.29) is 0 Å². The largest absolute Gasteiger partial charge is 0.396 e. The number of hydrogen-bond donors (Lipinski definition) is 2. The third-order valence-corrected chi connectivity index (χ3v) is 2.81. The van der Waals surface area contributed by atoms with Crippen LogP contribution in [0.2, 0.25) is 0 Å². The third kappa shape index (κ3) is 3.30. The normalized spacial score (nSPS) is 10.6. The number of rotatable bonds is 4. The summed E-state index contributed by atoms with van der Waals surface area (Å²) >= 11 is 0.471. The number of aromatic nitrogens is 2. The molecule has 0 aliphatic heterocycles. The molecule has 0 unspecified atom stereocenters. The fourth-order valence-electron chi connectivity index (χ4n) is 1.29. The number of hydrogen-bond acceptors (Lipinski definition) is 5. The minimum absolute atomic E-state index is 0.312. The lowest BCUT2D eigenvalue weighted by Gasteiger charge is -2.09. The van der Waals surface area contributed by atoms with Crippen LogP contribution >= 0.6 is 11.8 Å². The van der Waals surface area contributed by atoms with Gasteiger partial charge in [-0.25, -0.2) is 9.97 Å². The lowest BCUT2D eigenvalue weighted by molar-refractivity contribution is 0.252. The van der Waals surface area contributed by atoms with Gasteiger partial charge in [0.25, 0.3) is 5.76 Å². The summed E-state index contributed by atoms with van der Waals surface area (Å²) in [4.78, 5) is 8.34. The molecular weight excluding hydrogens is 258 g/mol. The molecule has 0 saturated heterocycles. The number of thioether (sulfide) groups is 1. The van der Waals surface area contributed by atoms with E-state index < -0.39 is 5.76 Å². The average Bonchev–Trinajstić information content (AvgIpc) is 2.34. The molecule has 18 heavy (non-hydrogen) atoms. The van der Waals surface area contributed by atoms with Crippen LogP contribution in [0, 0.1) is 0 Å².